The number of hydrogen-bond acceptors (Lipinski definition) is 2. The Morgan fingerprint density at radius 3 is 2.63 bits per heavy atom. The molecule has 1 aliphatic carbocycles. The summed E-state index contributed by atoms with van der Waals surface area (Å²) in [6.07, 6.45) is 0.0156. The van der Waals surface area contributed by atoms with Crippen LogP contribution in [0.25, 0.3) is 0 Å². The maximum absolute atomic E-state index is 13.6. The summed E-state index contributed by atoms with van der Waals surface area (Å²) >= 11 is 0. The van der Waals surface area contributed by atoms with Gasteiger partial charge >= 0.3 is 12.1 Å². The van der Waals surface area contributed by atoms with Crippen LogP contribution in [-0.2, 0) is 6.18 Å². The number of benzene rings is 2. The van der Waals surface area contributed by atoms with Crippen molar-refractivity contribution in [1.29, 1.82) is 0 Å². The van der Waals surface area contributed by atoms with Crippen molar-refractivity contribution in [2.75, 3.05) is 5.32 Å². The first-order valence-corrected chi connectivity index (χ1v) is 8.75. The van der Waals surface area contributed by atoms with Crippen LogP contribution in [0.2, 0.25) is 0 Å². The molecule has 140 valence electrons. The van der Waals surface area contributed by atoms with Gasteiger partial charge in [0.05, 0.1) is 17.2 Å². The Kier molecular flexibility index (Phi) is 4.02. The van der Waals surface area contributed by atoms with Gasteiger partial charge in [-0.25, -0.2) is 4.79 Å². The van der Waals surface area contributed by atoms with E-state index in [0.717, 1.165) is 11.6 Å². The zero-order valence-corrected chi connectivity index (χ0v) is 14.5. The molecule has 0 bridgehead atoms. The highest BCUT2D eigenvalue weighted by atomic mass is 19.4. The average Bonchev–Trinajstić information content (AvgIpc) is 3.10. The largest absolute Gasteiger partial charge is 0.478 e. The average molecular weight is 373 g/mol. The van der Waals surface area contributed by atoms with E-state index in [-0.39, 0.29) is 23.0 Å². The minimum absolute atomic E-state index is 0.166. The van der Waals surface area contributed by atoms with Crippen LogP contribution in [0.3, 0.4) is 0 Å². The molecule has 1 heterocycles. The number of fused-ring (bicyclic) bond motifs is 3. The molecule has 6 heteroatoms. The minimum atomic E-state index is -4.45. The SMILES string of the molecule is Cc1ccc(C(=O)O)c2c1N[C@H](c1ccccc1C(F)(F)F)[C@H]1CC=C[C@@H]21. The van der Waals surface area contributed by atoms with E-state index in [1.54, 1.807) is 18.2 Å². The van der Waals surface area contributed by atoms with E-state index in [4.69, 9.17) is 0 Å². The van der Waals surface area contributed by atoms with Crippen LogP contribution in [-0.4, -0.2) is 11.1 Å². The topological polar surface area (TPSA) is 49.3 Å². The van der Waals surface area contributed by atoms with Crippen LogP contribution in [0.4, 0.5) is 18.9 Å². The van der Waals surface area contributed by atoms with E-state index in [0.29, 0.717) is 17.7 Å². The molecule has 4 rings (SSSR count). The lowest BCUT2D eigenvalue weighted by Crippen LogP contribution is -2.32. The molecule has 0 amide bonds. The van der Waals surface area contributed by atoms with Crippen molar-refractivity contribution >= 4 is 11.7 Å². The molecule has 27 heavy (non-hydrogen) atoms. The molecule has 0 saturated heterocycles. The van der Waals surface area contributed by atoms with E-state index < -0.39 is 23.8 Å². The highest BCUT2D eigenvalue weighted by Gasteiger charge is 2.43. The van der Waals surface area contributed by atoms with Gasteiger partial charge < -0.3 is 10.4 Å². The van der Waals surface area contributed by atoms with Gasteiger partial charge in [0.25, 0.3) is 0 Å². The number of aryl methyl sites for hydroxylation is 1. The first kappa shape index (κ1) is 17.6. The summed E-state index contributed by atoms with van der Waals surface area (Å²) in [6, 6.07) is 8.34. The van der Waals surface area contributed by atoms with Crippen molar-refractivity contribution in [2.45, 2.75) is 31.5 Å². The monoisotopic (exact) mass is 373 g/mol. The molecule has 0 saturated carbocycles. The highest BCUT2D eigenvalue weighted by Crippen LogP contribution is 2.53. The van der Waals surface area contributed by atoms with Crippen LogP contribution in [0.1, 0.15) is 51.0 Å². The number of halogens is 3. The molecule has 1 aliphatic heterocycles. The van der Waals surface area contributed by atoms with Crippen molar-refractivity contribution in [3.63, 3.8) is 0 Å². The molecule has 0 aromatic heterocycles. The minimum Gasteiger partial charge on any atom is -0.478 e. The standard InChI is InChI=1S/C21H18F3NO2/c1-11-9-10-15(20(26)27)17-12-6-4-7-13(12)19(25-18(11)17)14-5-2-3-8-16(14)21(22,23)24/h2-6,8-10,12-13,19,25H,7H2,1H3,(H,26,27)/t12-,13+,19+/m1/s1. The Hall–Kier alpha value is -2.76. The van der Waals surface area contributed by atoms with Gasteiger partial charge in [-0.15, -0.1) is 0 Å². The van der Waals surface area contributed by atoms with Crippen LogP contribution >= 0.6 is 0 Å². The maximum Gasteiger partial charge on any atom is 0.416 e. The number of hydrogen-bond donors (Lipinski definition) is 2. The third kappa shape index (κ3) is 2.80. The molecule has 2 N–H and O–H groups in total. The van der Waals surface area contributed by atoms with Crippen molar-refractivity contribution in [2.24, 2.45) is 5.92 Å². The van der Waals surface area contributed by atoms with Gasteiger partial charge in [0.15, 0.2) is 0 Å². The fraction of sp³-hybridized carbons (Fsp3) is 0.286. The Morgan fingerprint density at radius 2 is 1.93 bits per heavy atom. The second-order valence-corrected chi connectivity index (χ2v) is 7.08. The van der Waals surface area contributed by atoms with Gasteiger partial charge in [0.1, 0.15) is 0 Å². The third-order valence-electron chi connectivity index (χ3n) is 5.56. The van der Waals surface area contributed by atoms with Gasteiger partial charge in [0, 0.05) is 11.6 Å². The predicted octanol–water partition coefficient (Wildman–Crippen LogP) is 5.54. The summed E-state index contributed by atoms with van der Waals surface area (Å²) in [5.41, 5.74) is 1.88. The van der Waals surface area contributed by atoms with Crippen molar-refractivity contribution in [1.82, 2.24) is 0 Å². The van der Waals surface area contributed by atoms with Crippen molar-refractivity contribution in [3.05, 3.63) is 76.4 Å². The summed E-state index contributed by atoms with van der Waals surface area (Å²) in [5.74, 6) is -1.42. The number of aromatic carboxylic acids is 1. The normalized spacial score (nSPS) is 23.5. The number of anilines is 1. The van der Waals surface area contributed by atoms with E-state index in [1.807, 2.05) is 19.1 Å². The number of carbonyl (C=O) groups is 1. The third-order valence-corrected chi connectivity index (χ3v) is 5.56. The number of carboxylic acid groups (broad SMARTS) is 1. The van der Waals surface area contributed by atoms with Gasteiger partial charge in [-0.2, -0.15) is 13.2 Å². The summed E-state index contributed by atoms with van der Waals surface area (Å²) in [7, 11) is 0. The van der Waals surface area contributed by atoms with Crippen molar-refractivity contribution in [3.8, 4) is 0 Å². The molecule has 2 aromatic rings. The number of allylic oxidation sites excluding steroid dienone is 2. The highest BCUT2D eigenvalue weighted by molar-refractivity contribution is 5.93. The fourth-order valence-electron chi connectivity index (χ4n) is 4.38. The molecule has 0 unspecified atom stereocenters. The number of carboxylic acids is 1. The Balaban J connectivity index is 1.90. The lowest BCUT2D eigenvalue weighted by molar-refractivity contribution is -0.138. The summed E-state index contributed by atoms with van der Waals surface area (Å²) in [5, 5.41) is 12.8. The smallest absolute Gasteiger partial charge is 0.416 e. The quantitative estimate of drug-likeness (QED) is 0.680. The van der Waals surface area contributed by atoms with Crippen LogP contribution in [0.5, 0.6) is 0 Å². The van der Waals surface area contributed by atoms with Gasteiger partial charge in [-0.05, 0) is 48.1 Å². The molecule has 0 spiro atoms. The van der Waals surface area contributed by atoms with E-state index in [2.05, 4.69) is 5.32 Å². The van der Waals surface area contributed by atoms with Gasteiger partial charge in [0.2, 0.25) is 0 Å². The van der Waals surface area contributed by atoms with E-state index in [9.17, 15) is 23.1 Å². The first-order chi connectivity index (χ1) is 12.8. The summed E-state index contributed by atoms with van der Waals surface area (Å²) < 4.78 is 40.7. The van der Waals surface area contributed by atoms with Gasteiger partial charge in [-0.1, -0.05) is 36.4 Å². The van der Waals surface area contributed by atoms with Crippen LogP contribution < -0.4 is 5.32 Å². The van der Waals surface area contributed by atoms with E-state index in [1.165, 1.54) is 12.1 Å². The molecular formula is C21H18F3NO2. The zero-order chi connectivity index (χ0) is 19.3. The Bertz CT molecular complexity index is 949. The molecule has 2 aliphatic rings. The number of alkyl halides is 3. The van der Waals surface area contributed by atoms with Crippen molar-refractivity contribution < 1.29 is 23.1 Å². The molecule has 3 nitrogen and oxygen atoms in total. The summed E-state index contributed by atoms with van der Waals surface area (Å²) in [4.78, 5) is 11.7. The molecular weight excluding hydrogens is 355 g/mol. The molecule has 0 radical (unpaired) electrons. The lowest BCUT2D eigenvalue weighted by atomic mass is 9.74. The maximum atomic E-state index is 13.6. The van der Waals surface area contributed by atoms with Gasteiger partial charge in [-0.3, -0.25) is 0 Å². The number of nitrogens with one attached hydrogen (secondary N) is 1. The second-order valence-electron chi connectivity index (χ2n) is 7.08. The van der Waals surface area contributed by atoms with Crippen LogP contribution in [0, 0.1) is 12.8 Å². The second kappa shape index (κ2) is 6.15. The molecule has 2 aromatic carbocycles. The van der Waals surface area contributed by atoms with Crippen LogP contribution in [0.15, 0.2) is 48.6 Å². The molecule has 3 atom stereocenters. The Morgan fingerprint density at radius 1 is 1.19 bits per heavy atom. The Labute approximate surface area is 154 Å². The summed E-state index contributed by atoms with van der Waals surface area (Å²) in [6.45, 7) is 1.84. The van der Waals surface area contributed by atoms with E-state index >= 15 is 0 Å². The zero-order valence-electron chi connectivity index (χ0n) is 14.5. The first-order valence-electron chi connectivity index (χ1n) is 8.75. The molecule has 0 fully saturated rings. The lowest BCUT2D eigenvalue weighted by Gasteiger charge is -2.39. The number of rotatable bonds is 2. The predicted molar refractivity (Wildman–Crippen MR) is 95.9 cm³/mol. The fourth-order valence-corrected chi connectivity index (χ4v) is 4.38.